The van der Waals surface area contributed by atoms with E-state index in [2.05, 4.69) is 45.5 Å². The lowest BCUT2D eigenvalue weighted by molar-refractivity contribution is -0.192. The zero-order valence-corrected chi connectivity index (χ0v) is 20.4. The summed E-state index contributed by atoms with van der Waals surface area (Å²) in [6.45, 7) is 4.56. The van der Waals surface area contributed by atoms with Crippen LogP contribution in [0.15, 0.2) is 66.9 Å². The molecule has 2 aromatic carbocycles. The van der Waals surface area contributed by atoms with Crippen LogP contribution in [0.3, 0.4) is 0 Å². The summed E-state index contributed by atoms with van der Waals surface area (Å²) >= 11 is 1.73. The minimum atomic E-state index is -5.08. The molecule has 0 bridgehead atoms. The highest BCUT2D eigenvalue weighted by Crippen LogP contribution is 2.38. The molecule has 11 heteroatoms. The first kappa shape index (κ1) is 26.4. The number of phenols is 1. The quantitative estimate of drug-likeness (QED) is 0.296. The molecule has 0 unspecified atom stereocenters. The molecule has 3 N–H and O–H groups in total. The summed E-state index contributed by atoms with van der Waals surface area (Å²) in [4.78, 5) is 17.1. The van der Waals surface area contributed by atoms with Gasteiger partial charge in [-0.2, -0.15) is 13.2 Å². The van der Waals surface area contributed by atoms with Gasteiger partial charge < -0.3 is 20.3 Å². The van der Waals surface area contributed by atoms with Gasteiger partial charge in [-0.15, -0.1) is 11.3 Å². The Kier molecular flexibility index (Phi) is 8.27. The van der Waals surface area contributed by atoms with Gasteiger partial charge >= 0.3 is 12.1 Å². The summed E-state index contributed by atoms with van der Waals surface area (Å²) in [5.74, 6) is -2.51. The lowest BCUT2D eigenvalue weighted by Gasteiger charge is -2.26. The number of carboxylic acids is 1. The Balaban J connectivity index is 0.000000405. The van der Waals surface area contributed by atoms with Crippen molar-refractivity contribution in [3.8, 4) is 16.2 Å². The summed E-state index contributed by atoms with van der Waals surface area (Å²) in [6, 6.07) is 20.1. The number of anilines is 2. The molecule has 37 heavy (non-hydrogen) atoms. The maximum absolute atomic E-state index is 10.6. The zero-order chi connectivity index (χ0) is 26.4. The maximum atomic E-state index is 10.6. The van der Waals surface area contributed by atoms with Crippen LogP contribution in [0.4, 0.5) is 24.5 Å². The minimum Gasteiger partial charge on any atom is -0.508 e. The number of carbonyl (C=O) groups is 1. The highest BCUT2D eigenvalue weighted by molar-refractivity contribution is 7.22. The molecule has 0 radical (unpaired) electrons. The standard InChI is InChI=1S/C24H23N3O2S.C2HF3O2/c28-20-6-2-5-19(14-20)26-21-7-8-25-22-15-23(30-24(21)22)18-4-1-3-17(13-18)16-27-9-11-29-12-10-27;3-2(4,5)1(6)7/h1-8,13-15,28H,9-12,16H2,(H,25,26);(H,6,7). The van der Waals surface area contributed by atoms with Gasteiger partial charge in [-0.1, -0.05) is 24.3 Å². The summed E-state index contributed by atoms with van der Waals surface area (Å²) in [5, 5.41) is 20.3. The van der Waals surface area contributed by atoms with Crippen molar-refractivity contribution in [1.29, 1.82) is 0 Å². The van der Waals surface area contributed by atoms with Crippen LogP contribution >= 0.6 is 11.3 Å². The maximum Gasteiger partial charge on any atom is 0.490 e. The Labute approximate surface area is 214 Å². The molecule has 3 heterocycles. The van der Waals surface area contributed by atoms with Gasteiger partial charge in [0.1, 0.15) is 5.75 Å². The predicted octanol–water partition coefficient (Wildman–Crippen LogP) is 5.88. The molecular formula is C26H24F3N3O4S. The van der Waals surface area contributed by atoms with E-state index in [1.807, 2.05) is 24.4 Å². The molecule has 1 fully saturated rings. The number of benzene rings is 2. The van der Waals surface area contributed by atoms with E-state index >= 15 is 0 Å². The fraction of sp³-hybridized carbons (Fsp3) is 0.231. The number of morpholine rings is 1. The van der Waals surface area contributed by atoms with Gasteiger partial charge in [-0.25, -0.2) is 4.79 Å². The van der Waals surface area contributed by atoms with Gasteiger partial charge in [0.25, 0.3) is 0 Å². The second-order valence-electron chi connectivity index (χ2n) is 8.25. The average molecular weight is 532 g/mol. The predicted molar refractivity (Wildman–Crippen MR) is 136 cm³/mol. The molecule has 7 nitrogen and oxygen atoms in total. The van der Waals surface area contributed by atoms with E-state index in [-0.39, 0.29) is 5.75 Å². The smallest absolute Gasteiger partial charge is 0.490 e. The largest absolute Gasteiger partial charge is 0.508 e. The number of hydrogen-bond donors (Lipinski definition) is 3. The number of alkyl halides is 3. The number of halogens is 3. The number of ether oxygens (including phenoxy) is 1. The molecule has 0 aliphatic carbocycles. The lowest BCUT2D eigenvalue weighted by atomic mass is 10.1. The number of hydrogen-bond acceptors (Lipinski definition) is 7. The molecule has 0 amide bonds. The fourth-order valence-corrected chi connectivity index (χ4v) is 4.84. The third-order valence-corrected chi connectivity index (χ3v) is 6.71. The highest BCUT2D eigenvalue weighted by Gasteiger charge is 2.38. The summed E-state index contributed by atoms with van der Waals surface area (Å²) < 4.78 is 38.3. The van der Waals surface area contributed by atoms with Crippen LogP contribution in [0.5, 0.6) is 5.75 Å². The first-order valence-corrected chi connectivity index (χ1v) is 12.1. The Morgan fingerprint density at radius 1 is 1.08 bits per heavy atom. The van der Waals surface area contributed by atoms with Crippen LogP contribution in [0.2, 0.25) is 0 Å². The number of nitrogens with one attached hydrogen (secondary N) is 1. The molecule has 194 valence electrons. The van der Waals surface area contributed by atoms with Gasteiger partial charge in [-0.3, -0.25) is 9.88 Å². The van der Waals surface area contributed by atoms with Gasteiger partial charge in [-0.05, 0) is 41.5 Å². The molecule has 1 aliphatic heterocycles. The average Bonchev–Trinajstić information content (AvgIpc) is 3.30. The molecule has 4 aromatic rings. The van der Waals surface area contributed by atoms with Gasteiger partial charge in [0.15, 0.2) is 0 Å². The number of thiophene rings is 1. The van der Waals surface area contributed by atoms with E-state index in [1.54, 1.807) is 23.5 Å². The van der Waals surface area contributed by atoms with Crippen LogP contribution in [0.25, 0.3) is 20.7 Å². The molecule has 0 spiro atoms. The van der Waals surface area contributed by atoms with E-state index in [1.165, 1.54) is 16.0 Å². The van der Waals surface area contributed by atoms with E-state index < -0.39 is 12.1 Å². The SMILES string of the molecule is O=C(O)C(F)(F)F.Oc1cccc(Nc2ccnc3cc(-c4cccc(CN5CCOCC5)c4)sc23)c1. The van der Waals surface area contributed by atoms with Gasteiger partial charge in [0, 0.05) is 42.5 Å². The van der Waals surface area contributed by atoms with Crippen molar-refractivity contribution in [2.45, 2.75) is 12.7 Å². The zero-order valence-electron chi connectivity index (χ0n) is 19.5. The molecule has 0 atom stereocenters. The van der Waals surface area contributed by atoms with Crippen molar-refractivity contribution < 1.29 is 32.9 Å². The first-order chi connectivity index (χ1) is 17.7. The number of carboxylic acid groups (broad SMARTS) is 1. The normalized spacial score (nSPS) is 14.1. The molecule has 5 rings (SSSR count). The number of rotatable bonds is 5. The third kappa shape index (κ3) is 7.19. The Bertz CT molecular complexity index is 1370. The van der Waals surface area contributed by atoms with Crippen molar-refractivity contribution in [3.05, 3.63) is 72.4 Å². The van der Waals surface area contributed by atoms with Crippen LogP contribution in [-0.2, 0) is 16.1 Å². The topological polar surface area (TPSA) is 94.9 Å². The monoisotopic (exact) mass is 531 g/mol. The Hall–Kier alpha value is -3.67. The summed E-state index contributed by atoms with van der Waals surface area (Å²) in [6.07, 6.45) is -3.27. The Morgan fingerprint density at radius 2 is 1.81 bits per heavy atom. The van der Waals surface area contributed by atoms with E-state index in [9.17, 15) is 18.3 Å². The van der Waals surface area contributed by atoms with Gasteiger partial charge in [0.05, 0.1) is 29.1 Å². The van der Waals surface area contributed by atoms with Crippen LogP contribution < -0.4 is 5.32 Å². The van der Waals surface area contributed by atoms with Gasteiger partial charge in [0.2, 0.25) is 0 Å². The molecule has 1 saturated heterocycles. The van der Waals surface area contributed by atoms with Crippen LogP contribution in [0.1, 0.15) is 5.56 Å². The molecule has 2 aromatic heterocycles. The number of nitrogens with zero attached hydrogens (tertiary/aromatic N) is 2. The summed E-state index contributed by atoms with van der Waals surface area (Å²) in [7, 11) is 0. The first-order valence-electron chi connectivity index (χ1n) is 11.3. The van der Waals surface area contributed by atoms with E-state index in [0.717, 1.165) is 54.4 Å². The van der Waals surface area contributed by atoms with Crippen molar-refractivity contribution in [2.75, 3.05) is 31.6 Å². The Morgan fingerprint density at radius 3 is 2.51 bits per heavy atom. The molecule has 0 saturated carbocycles. The lowest BCUT2D eigenvalue weighted by Crippen LogP contribution is -2.35. The van der Waals surface area contributed by atoms with Crippen LogP contribution in [-0.4, -0.2) is 58.5 Å². The number of pyridine rings is 1. The van der Waals surface area contributed by atoms with Crippen LogP contribution in [0, 0.1) is 0 Å². The second kappa shape index (κ2) is 11.6. The number of aromatic hydroxyl groups is 1. The highest BCUT2D eigenvalue weighted by atomic mass is 32.1. The molecule has 1 aliphatic rings. The number of aliphatic carboxylic acids is 1. The van der Waals surface area contributed by atoms with Crippen molar-refractivity contribution in [3.63, 3.8) is 0 Å². The fourth-order valence-electron chi connectivity index (χ4n) is 3.76. The second-order valence-corrected chi connectivity index (χ2v) is 9.30. The molecular weight excluding hydrogens is 507 g/mol. The van der Waals surface area contributed by atoms with Crippen molar-refractivity contribution >= 4 is 38.9 Å². The van der Waals surface area contributed by atoms with Crippen molar-refractivity contribution in [1.82, 2.24) is 9.88 Å². The number of fused-ring (bicyclic) bond motifs is 1. The van der Waals surface area contributed by atoms with E-state index in [0.29, 0.717) is 0 Å². The third-order valence-electron chi connectivity index (χ3n) is 5.50. The number of aromatic nitrogens is 1. The number of phenolic OH excluding ortho intramolecular Hbond substituents is 1. The summed E-state index contributed by atoms with van der Waals surface area (Å²) in [5.41, 5.74) is 5.35. The van der Waals surface area contributed by atoms with E-state index in [4.69, 9.17) is 14.6 Å². The minimum absolute atomic E-state index is 0.245. The van der Waals surface area contributed by atoms with Crippen molar-refractivity contribution in [2.24, 2.45) is 0 Å².